The van der Waals surface area contributed by atoms with Crippen LogP contribution < -0.4 is 10.6 Å². The van der Waals surface area contributed by atoms with Gasteiger partial charge in [-0.2, -0.15) is 0 Å². The van der Waals surface area contributed by atoms with Gasteiger partial charge in [-0.1, -0.05) is 17.7 Å². The lowest BCUT2D eigenvalue weighted by Crippen LogP contribution is -2.37. The minimum Gasteiger partial charge on any atom is -0.444 e. The summed E-state index contributed by atoms with van der Waals surface area (Å²) in [5, 5.41) is 14.5. The molecule has 0 bridgehead atoms. The Kier molecular flexibility index (Phi) is 8.42. The molecule has 1 aromatic carbocycles. The zero-order valence-corrected chi connectivity index (χ0v) is 18.7. The van der Waals surface area contributed by atoms with Crippen molar-refractivity contribution >= 4 is 29.9 Å². The van der Waals surface area contributed by atoms with Crippen molar-refractivity contribution in [1.29, 1.82) is 0 Å². The molecule has 3 aromatic rings. The Morgan fingerprint density at radius 1 is 1.18 bits per heavy atom. The van der Waals surface area contributed by atoms with Crippen LogP contribution in [0.15, 0.2) is 46.3 Å². The molecule has 0 radical (unpaired) electrons. The predicted molar refractivity (Wildman–Crippen MR) is 119 cm³/mol. The van der Waals surface area contributed by atoms with Gasteiger partial charge in [-0.25, -0.2) is 9.98 Å². The molecule has 0 saturated carbocycles. The fourth-order valence-electron chi connectivity index (χ4n) is 2.55. The van der Waals surface area contributed by atoms with Gasteiger partial charge in [0.2, 0.25) is 5.89 Å². The number of aliphatic imine (C=N–C) groups is 1. The van der Waals surface area contributed by atoms with E-state index in [1.807, 2.05) is 35.8 Å². The van der Waals surface area contributed by atoms with Crippen LogP contribution in [-0.2, 0) is 19.6 Å². The number of nitrogens with zero attached hydrogens (tertiary/aromatic N) is 5. The number of oxazole rings is 1. The number of hydrogen-bond donors (Lipinski definition) is 2. The van der Waals surface area contributed by atoms with E-state index in [0.29, 0.717) is 24.9 Å². The Bertz CT molecular complexity index is 886. The maximum absolute atomic E-state index is 5.59. The third-order valence-electron chi connectivity index (χ3n) is 4.04. The molecule has 28 heavy (non-hydrogen) atoms. The van der Waals surface area contributed by atoms with Gasteiger partial charge in [-0.15, -0.1) is 34.2 Å². The second-order valence-corrected chi connectivity index (χ2v) is 6.09. The summed E-state index contributed by atoms with van der Waals surface area (Å²) in [7, 11) is 0. The van der Waals surface area contributed by atoms with E-state index in [9.17, 15) is 0 Å². The smallest absolute Gasteiger partial charge is 0.226 e. The van der Waals surface area contributed by atoms with E-state index in [1.54, 1.807) is 12.6 Å². The Labute approximate surface area is 181 Å². The SMILES string of the molecule is CCNC(=NCc1coc(-c2ccc(C)cc2)n1)NCc1nncn1CC.I. The topological polar surface area (TPSA) is 93.2 Å². The number of benzene rings is 1. The molecule has 0 atom stereocenters. The fourth-order valence-corrected chi connectivity index (χ4v) is 2.55. The van der Waals surface area contributed by atoms with Crippen LogP contribution in [0.3, 0.4) is 0 Å². The number of halogens is 1. The van der Waals surface area contributed by atoms with E-state index in [2.05, 4.69) is 44.7 Å². The van der Waals surface area contributed by atoms with Crippen LogP contribution in [0.1, 0.15) is 30.9 Å². The largest absolute Gasteiger partial charge is 0.444 e. The number of aromatic nitrogens is 4. The number of nitrogens with one attached hydrogen (secondary N) is 2. The first-order valence-electron chi connectivity index (χ1n) is 9.10. The standard InChI is InChI=1S/C19H25N7O.HI/c1-4-20-19(22-11-17-25-23-13-26(17)5-2)21-10-16-12-27-18(24-16)15-8-6-14(3)7-9-15;/h6-9,12-13H,4-5,10-11H2,1-3H3,(H2,20,21,22);1H. The van der Waals surface area contributed by atoms with Crippen molar-refractivity contribution < 1.29 is 4.42 Å². The lowest BCUT2D eigenvalue weighted by Gasteiger charge is -2.10. The summed E-state index contributed by atoms with van der Waals surface area (Å²) in [5.41, 5.74) is 2.94. The van der Waals surface area contributed by atoms with Crippen LogP contribution >= 0.6 is 24.0 Å². The van der Waals surface area contributed by atoms with Gasteiger partial charge < -0.3 is 19.6 Å². The lowest BCUT2D eigenvalue weighted by molar-refractivity contribution is 0.572. The summed E-state index contributed by atoms with van der Waals surface area (Å²) in [6.45, 7) is 8.70. The van der Waals surface area contributed by atoms with Crippen LogP contribution in [0.25, 0.3) is 11.5 Å². The molecular weight excluding hydrogens is 469 g/mol. The maximum Gasteiger partial charge on any atom is 0.226 e. The highest BCUT2D eigenvalue weighted by Gasteiger charge is 2.08. The van der Waals surface area contributed by atoms with E-state index >= 15 is 0 Å². The van der Waals surface area contributed by atoms with Gasteiger partial charge in [0.05, 0.1) is 13.1 Å². The molecule has 9 heteroatoms. The van der Waals surface area contributed by atoms with Crippen molar-refractivity contribution in [2.75, 3.05) is 6.54 Å². The molecule has 0 fully saturated rings. The summed E-state index contributed by atoms with van der Waals surface area (Å²) in [5.74, 6) is 2.17. The molecule has 8 nitrogen and oxygen atoms in total. The second kappa shape index (κ2) is 10.8. The molecule has 150 valence electrons. The van der Waals surface area contributed by atoms with E-state index in [1.165, 1.54) is 5.56 Å². The van der Waals surface area contributed by atoms with Gasteiger partial charge in [-0.3, -0.25) is 0 Å². The Balaban J connectivity index is 0.00000280. The highest BCUT2D eigenvalue weighted by Crippen LogP contribution is 2.19. The Hall–Kier alpha value is -2.43. The highest BCUT2D eigenvalue weighted by atomic mass is 127. The number of aryl methyl sites for hydroxylation is 2. The molecule has 0 unspecified atom stereocenters. The monoisotopic (exact) mass is 495 g/mol. The van der Waals surface area contributed by atoms with Crippen LogP contribution in [0, 0.1) is 6.92 Å². The Morgan fingerprint density at radius 2 is 1.96 bits per heavy atom. The van der Waals surface area contributed by atoms with Crippen LogP contribution in [0.4, 0.5) is 0 Å². The van der Waals surface area contributed by atoms with Crippen LogP contribution in [0.5, 0.6) is 0 Å². The molecule has 0 amide bonds. The van der Waals surface area contributed by atoms with E-state index in [-0.39, 0.29) is 24.0 Å². The highest BCUT2D eigenvalue weighted by molar-refractivity contribution is 14.0. The van der Waals surface area contributed by atoms with E-state index in [0.717, 1.165) is 30.2 Å². The van der Waals surface area contributed by atoms with Crippen LogP contribution in [-0.4, -0.2) is 32.3 Å². The van der Waals surface area contributed by atoms with Gasteiger partial charge in [0.15, 0.2) is 11.8 Å². The van der Waals surface area contributed by atoms with Gasteiger partial charge in [0, 0.05) is 18.7 Å². The summed E-state index contributed by atoms with van der Waals surface area (Å²) in [6, 6.07) is 8.09. The minimum absolute atomic E-state index is 0. The van der Waals surface area contributed by atoms with Crippen molar-refractivity contribution in [3.05, 3.63) is 53.9 Å². The molecule has 0 saturated heterocycles. The summed E-state index contributed by atoms with van der Waals surface area (Å²) in [6.07, 6.45) is 3.37. The summed E-state index contributed by atoms with van der Waals surface area (Å²) >= 11 is 0. The molecule has 2 N–H and O–H groups in total. The first-order chi connectivity index (χ1) is 13.2. The first-order valence-corrected chi connectivity index (χ1v) is 9.10. The molecule has 0 aliphatic rings. The zero-order valence-electron chi connectivity index (χ0n) is 16.3. The fraction of sp³-hybridized carbons (Fsp3) is 0.368. The maximum atomic E-state index is 5.59. The van der Waals surface area contributed by atoms with Crippen molar-refractivity contribution in [1.82, 2.24) is 30.4 Å². The van der Waals surface area contributed by atoms with Gasteiger partial charge in [0.1, 0.15) is 18.3 Å². The number of rotatable bonds is 7. The molecular formula is C19H26IN7O. The molecule has 0 aliphatic heterocycles. The lowest BCUT2D eigenvalue weighted by atomic mass is 10.1. The third-order valence-corrected chi connectivity index (χ3v) is 4.04. The van der Waals surface area contributed by atoms with Gasteiger partial charge >= 0.3 is 0 Å². The van der Waals surface area contributed by atoms with E-state index < -0.39 is 0 Å². The number of guanidine groups is 1. The molecule has 2 aromatic heterocycles. The third kappa shape index (κ3) is 5.78. The van der Waals surface area contributed by atoms with Crippen LogP contribution in [0.2, 0.25) is 0 Å². The van der Waals surface area contributed by atoms with E-state index in [4.69, 9.17) is 4.42 Å². The average molecular weight is 495 g/mol. The molecule has 0 aliphatic carbocycles. The second-order valence-electron chi connectivity index (χ2n) is 6.09. The summed E-state index contributed by atoms with van der Waals surface area (Å²) < 4.78 is 7.58. The van der Waals surface area contributed by atoms with Crippen molar-refractivity contribution in [3.8, 4) is 11.5 Å². The summed E-state index contributed by atoms with van der Waals surface area (Å²) in [4.78, 5) is 9.10. The molecule has 0 spiro atoms. The zero-order chi connectivity index (χ0) is 19.1. The van der Waals surface area contributed by atoms with Crippen molar-refractivity contribution in [3.63, 3.8) is 0 Å². The average Bonchev–Trinajstić information content (AvgIpc) is 3.33. The molecule has 3 rings (SSSR count). The number of hydrogen-bond acceptors (Lipinski definition) is 5. The first kappa shape index (κ1) is 21.9. The van der Waals surface area contributed by atoms with Crippen molar-refractivity contribution in [2.45, 2.75) is 40.4 Å². The van der Waals surface area contributed by atoms with Gasteiger partial charge in [-0.05, 0) is 32.9 Å². The Morgan fingerprint density at radius 3 is 2.68 bits per heavy atom. The quantitative estimate of drug-likeness (QED) is 0.297. The molecule has 2 heterocycles. The van der Waals surface area contributed by atoms with Gasteiger partial charge in [0.25, 0.3) is 0 Å². The van der Waals surface area contributed by atoms with Crippen molar-refractivity contribution in [2.24, 2.45) is 4.99 Å². The normalized spacial score (nSPS) is 11.2. The minimum atomic E-state index is 0. The predicted octanol–water partition coefficient (Wildman–Crippen LogP) is 3.13.